The zero-order chi connectivity index (χ0) is 6.69. The van der Waals surface area contributed by atoms with E-state index in [4.69, 9.17) is 27.9 Å². The van der Waals surface area contributed by atoms with E-state index in [1.807, 2.05) is 0 Å². The third-order valence-electron chi connectivity index (χ3n) is 1.28. The Balaban J connectivity index is 2.35. The van der Waals surface area contributed by atoms with Crippen molar-refractivity contribution in [1.82, 2.24) is 0 Å². The molecule has 1 nitrogen and oxygen atoms in total. The molecule has 0 aliphatic carbocycles. The minimum Gasteiger partial charge on any atom is -0.374 e. The van der Waals surface area contributed by atoms with Crippen molar-refractivity contribution in [2.75, 3.05) is 6.61 Å². The fraction of sp³-hybridized carbons (Fsp3) is 0.667. The Morgan fingerprint density at radius 3 is 2.78 bits per heavy atom. The Bertz CT molecular complexity index is 112. The number of ether oxygens (including phenoxy) is 1. The standard InChI is InChI=1S/C6H8Cl2O/c7-6(8)4-5-2-1-3-9-5/h4-5H,1-3H2. The first-order valence-electron chi connectivity index (χ1n) is 2.93. The molecule has 52 valence electrons. The van der Waals surface area contributed by atoms with E-state index in [-0.39, 0.29) is 6.10 Å². The first-order valence-corrected chi connectivity index (χ1v) is 3.69. The van der Waals surface area contributed by atoms with Crippen LogP contribution in [0.15, 0.2) is 10.6 Å². The fourth-order valence-corrected chi connectivity index (χ4v) is 1.16. The molecule has 0 bridgehead atoms. The molecule has 1 heterocycles. The molecule has 1 fully saturated rings. The van der Waals surface area contributed by atoms with E-state index in [9.17, 15) is 0 Å². The van der Waals surface area contributed by atoms with Gasteiger partial charge in [0.05, 0.1) is 6.10 Å². The minimum atomic E-state index is 0.162. The quantitative estimate of drug-likeness (QED) is 0.582. The van der Waals surface area contributed by atoms with Gasteiger partial charge in [0, 0.05) is 6.61 Å². The van der Waals surface area contributed by atoms with E-state index in [1.165, 1.54) is 0 Å². The predicted molar refractivity (Wildman–Crippen MR) is 38.8 cm³/mol. The third kappa shape index (κ3) is 2.57. The second-order valence-electron chi connectivity index (χ2n) is 2.01. The molecule has 0 spiro atoms. The lowest BCUT2D eigenvalue weighted by Gasteiger charge is -1.99. The van der Waals surface area contributed by atoms with Crippen molar-refractivity contribution in [3.8, 4) is 0 Å². The van der Waals surface area contributed by atoms with Crippen LogP contribution in [-0.4, -0.2) is 12.7 Å². The Labute approximate surface area is 64.6 Å². The zero-order valence-corrected chi connectivity index (χ0v) is 6.45. The third-order valence-corrected chi connectivity index (χ3v) is 1.53. The molecule has 1 aliphatic heterocycles. The lowest BCUT2D eigenvalue weighted by atomic mass is 10.2. The van der Waals surface area contributed by atoms with Gasteiger partial charge in [0.25, 0.3) is 0 Å². The highest BCUT2D eigenvalue weighted by molar-refractivity contribution is 6.55. The summed E-state index contributed by atoms with van der Waals surface area (Å²) in [6, 6.07) is 0. The van der Waals surface area contributed by atoms with Crippen molar-refractivity contribution < 1.29 is 4.74 Å². The van der Waals surface area contributed by atoms with E-state index in [0.29, 0.717) is 4.49 Å². The van der Waals surface area contributed by atoms with Crippen LogP contribution in [0.1, 0.15) is 12.8 Å². The number of hydrogen-bond donors (Lipinski definition) is 0. The molecule has 1 unspecified atom stereocenters. The van der Waals surface area contributed by atoms with Gasteiger partial charge in [0.1, 0.15) is 4.49 Å². The van der Waals surface area contributed by atoms with Crippen molar-refractivity contribution in [2.45, 2.75) is 18.9 Å². The largest absolute Gasteiger partial charge is 0.374 e. The van der Waals surface area contributed by atoms with Gasteiger partial charge in [-0.25, -0.2) is 0 Å². The topological polar surface area (TPSA) is 9.23 Å². The van der Waals surface area contributed by atoms with Gasteiger partial charge in [-0.1, -0.05) is 23.2 Å². The number of rotatable bonds is 1. The maximum absolute atomic E-state index is 5.40. The summed E-state index contributed by atoms with van der Waals surface area (Å²) in [5.41, 5.74) is 0. The Morgan fingerprint density at radius 1 is 1.56 bits per heavy atom. The summed E-state index contributed by atoms with van der Waals surface area (Å²) in [5.74, 6) is 0. The monoisotopic (exact) mass is 166 g/mol. The molecular formula is C6H8Cl2O. The van der Waals surface area contributed by atoms with Crippen molar-refractivity contribution in [3.05, 3.63) is 10.6 Å². The highest BCUT2D eigenvalue weighted by Crippen LogP contribution is 2.17. The molecule has 0 aromatic heterocycles. The Morgan fingerprint density at radius 2 is 2.33 bits per heavy atom. The smallest absolute Gasteiger partial charge is 0.105 e. The van der Waals surface area contributed by atoms with Gasteiger partial charge in [-0.3, -0.25) is 0 Å². The van der Waals surface area contributed by atoms with Gasteiger partial charge in [-0.05, 0) is 18.9 Å². The summed E-state index contributed by atoms with van der Waals surface area (Å²) in [6.45, 7) is 0.836. The molecule has 0 saturated carbocycles. The van der Waals surface area contributed by atoms with Crippen molar-refractivity contribution in [2.24, 2.45) is 0 Å². The molecule has 0 radical (unpaired) electrons. The van der Waals surface area contributed by atoms with Crippen LogP contribution in [0.5, 0.6) is 0 Å². The summed E-state index contributed by atoms with van der Waals surface area (Å²) in [6.07, 6.45) is 4.05. The second-order valence-corrected chi connectivity index (χ2v) is 3.02. The van der Waals surface area contributed by atoms with E-state index >= 15 is 0 Å². The van der Waals surface area contributed by atoms with Crippen molar-refractivity contribution >= 4 is 23.2 Å². The number of hydrogen-bond acceptors (Lipinski definition) is 1. The summed E-state index contributed by atoms with van der Waals surface area (Å²) in [7, 11) is 0. The van der Waals surface area contributed by atoms with Gasteiger partial charge in [0.2, 0.25) is 0 Å². The van der Waals surface area contributed by atoms with Gasteiger partial charge in [0.15, 0.2) is 0 Å². The van der Waals surface area contributed by atoms with Crippen molar-refractivity contribution in [3.63, 3.8) is 0 Å². The normalized spacial score (nSPS) is 26.2. The van der Waals surface area contributed by atoms with E-state index < -0.39 is 0 Å². The molecular weight excluding hydrogens is 159 g/mol. The Hall–Kier alpha value is 0.280. The van der Waals surface area contributed by atoms with Gasteiger partial charge in [-0.15, -0.1) is 0 Å². The van der Waals surface area contributed by atoms with Crippen LogP contribution in [-0.2, 0) is 4.74 Å². The van der Waals surface area contributed by atoms with Crippen molar-refractivity contribution in [1.29, 1.82) is 0 Å². The second kappa shape index (κ2) is 3.45. The van der Waals surface area contributed by atoms with E-state index in [0.717, 1.165) is 19.4 Å². The molecule has 0 amide bonds. The molecule has 1 atom stereocenters. The molecule has 0 aromatic rings. The van der Waals surface area contributed by atoms with Crippen LogP contribution in [0.3, 0.4) is 0 Å². The van der Waals surface area contributed by atoms with Gasteiger partial charge >= 0.3 is 0 Å². The lowest BCUT2D eigenvalue weighted by molar-refractivity contribution is 0.145. The fourth-order valence-electron chi connectivity index (χ4n) is 0.875. The molecule has 1 saturated heterocycles. The molecule has 0 N–H and O–H groups in total. The van der Waals surface area contributed by atoms with Crippen LogP contribution in [0.2, 0.25) is 0 Å². The first kappa shape index (κ1) is 7.39. The highest BCUT2D eigenvalue weighted by atomic mass is 35.5. The van der Waals surface area contributed by atoms with Crippen LogP contribution < -0.4 is 0 Å². The maximum Gasteiger partial charge on any atom is 0.105 e. The average molecular weight is 167 g/mol. The van der Waals surface area contributed by atoms with Crippen LogP contribution in [0.4, 0.5) is 0 Å². The number of halogens is 2. The summed E-state index contributed by atoms with van der Waals surface area (Å²) < 4.78 is 5.53. The molecule has 3 heteroatoms. The van der Waals surface area contributed by atoms with Crippen LogP contribution >= 0.6 is 23.2 Å². The van der Waals surface area contributed by atoms with Crippen LogP contribution in [0.25, 0.3) is 0 Å². The van der Waals surface area contributed by atoms with Crippen LogP contribution in [0, 0.1) is 0 Å². The zero-order valence-electron chi connectivity index (χ0n) is 4.94. The van der Waals surface area contributed by atoms with E-state index in [1.54, 1.807) is 6.08 Å². The maximum atomic E-state index is 5.40. The Kier molecular flexibility index (Phi) is 2.83. The lowest BCUT2D eigenvalue weighted by Crippen LogP contribution is -1.98. The SMILES string of the molecule is ClC(Cl)=CC1CCCO1. The van der Waals surface area contributed by atoms with Gasteiger partial charge in [-0.2, -0.15) is 0 Å². The van der Waals surface area contributed by atoms with E-state index in [2.05, 4.69) is 0 Å². The summed E-state index contributed by atoms with van der Waals surface area (Å²) in [5, 5.41) is 0. The minimum absolute atomic E-state index is 0.162. The molecule has 1 aliphatic rings. The first-order chi connectivity index (χ1) is 4.29. The molecule has 1 rings (SSSR count). The summed E-state index contributed by atoms with van der Waals surface area (Å²) in [4.78, 5) is 0. The van der Waals surface area contributed by atoms with Gasteiger partial charge < -0.3 is 4.74 Å². The predicted octanol–water partition coefficient (Wildman–Crippen LogP) is 2.48. The molecule has 9 heavy (non-hydrogen) atoms. The summed E-state index contributed by atoms with van der Waals surface area (Å²) >= 11 is 10.8. The molecule has 0 aromatic carbocycles. The highest BCUT2D eigenvalue weighted by Gasteiger charge is 2.12. The average Bonchev–Trinajstić information content (AvgIpc) is 2.15.